The van der Waals surface area contributed by atoms with Gasteiger partial charge in [0.2, 0.25) is 15.9 Å². The number of amides is 1. The van der Waals surface area contributed by atoms with Gasteiger partial charge in [-0.3, -0.25) is 4.79 Å². The maximum atomic E-state index is 12.2. The molecule has 0 aliphatic carbocycles. The summed E-state index contributed by atoms with van der Waals surface area (Å²) in [6.07, 6.45) is 1.57. The Balaban J connectivity index is 1.95. The van der Waals surface area contributed by atoms with E-state index in [4.69, 9.17) is 4.74 Å². The van der Waals surface area contributed by atoms with Gasteiger partial charge in [0.05, 0.1) is 19.9 Å². The van der Waals surface area contributed by atoms with Crippen LogP contribution in [0, 0.1) is 0 Å². The molecule has 1 N–H and O–H groups in total. The van der Waals surface area contributed by atoms with E-state index in [2.05, 4.69) is 5.32 Å². The molecule has 0 aromatic heterocycles. The fourth-order valence-corrected chi connectivity index (χ4v) is 3.30. The SMILES string of the molecule is COc1ccccc1CCN(CC(=O)NCc1ccccc1)S(C)(=O)=O. The Kier molecular flexibility index (Phi) is 7.17. The van der Waals surface area contributed by atoms with E-state index < -0.39 is 10.0 Å². The molecule has 0 saturated carbocycles. The van der Waals surface area contributed by atoms with Gasteiger partial charge in [-0.25, -0.2) is 8.42 Å². The number of hydrogen-bond donors (Lipinski definition) is 1. The molecule has 0 radical (unpaired) electrons. The molecule has 2 aromatic carbocycles. The first-order valence-electron chi connectivity index (χ1n) is 8.28. The van der Waals surface area contributed by atoms with Crippen LogP contribution in [0.5, 0.6) is 5.75 Å². The average molecular weight is 376 g/mol. The van der Waals surface area contributed by atoms with Crippen molar-refractivity contribution < 1.29 is 17.9 Å². The third-order valence-corrected chi connectivity index (χ3v) is 5.19. The van der Waals surface area contributed by atoms with E-state index in [-0.39, 0.29) is 19.0 Å². The molecule has 0 aliphatic rings. The molecule has 0 spiro atoms. The van der Waals surface area contributed by atoms with Gasteiger partial charge < -0.3 is 10.1 Å². The third kappa shape index (κ3) is 6.16. The summed E-state index contributed by atoms with van der Waals surface area (Å²) in [5, 5.41) is 2.75. The zero-order valence-electron chi connectivity index (χ0n) is 15.0. The number of benzene rings is 2. The van der Waals surface area contributed by atoms with Crippen LogP contribution in [0.4, 0.5) is 0 Å². The fraction of sp³-hybridized carbons (Fsp3) is 0.316. The Morgan fingerprint density at radius 3 is 2.38 bits per heavy atom. The van der Waals surface area contributed by atoms with E-state index >= 15 is 0 Å². The van der Waals surface area contributed by atoms with Crippen LogP contribution >= 0.6 is 0 Å². The standard InChI is InChI=1S/C19H24N2O4S/c1-25-18-11-7-6-10-17(18)12-13-21(26(2,23)24)15-19(22)20-14-16-8-4-3-5-9-16/h3-11H,12-15H2,1-2H3,(H,20,22). The fourth-order valence-electron chi connectivity index (χ4n) is 2.53. The lowest BCUT2D eigenvalue weighted by Gasteiger charge is -2.20. The van der Waals surface area contributed by atoms with Crippen LogP contribution in [0.15, 0.2) is 54.6 Å². The van der Waals surface area contributed by atoms with Gasteiger partial charge in [0.15, 0.2) is 0 Å². The molecule has 1 amide bonds. The van der Waals surface area contributed by atoms with E-state index in [1.165, 1.54) is 4.31 Å². The monoisotopic (exact) mass is 376 g/mol. The van der Waals surface area contributed by atoms with E-state index in [0.717, 1.165) is 17.4 Å². The molecule has 0 saturated heterocycles. The number of hydrogen-bond acceptors (Lipinski definition) is 4. The van der Waals surface area contributed by atoms with Gasteiger partial charge in [0.1, 0.15) is 5.75 Å². The molecule has 2 aromatic rings. The number of nitrogens with one attached hydrogen (secondary N) is 1. The Labute approximate surface area is 154 Å². The van der Waals surface area contributed by atoms with E-state index in [0.29, 0.717) is 18.7 Å². The molecule has 0 unspecified atom stereocenters. The van der Waals surface area contributed by atoms with Crippen molar-refractivity contribution >= 4 is 15.9 Å². The summed E-state index contributed by atoms with van der Waals surface area (Å²) in [6.45, 7) is 0.364. The van der Waals surface area contributed by atoms with Crippen molar-refractivity contribution in [1.82, 2.24) is 9.62 Å². The number of nitrogens with zero attached hydrogens (tertiary/aromatic N) is 1. The smallest absolute Gasteiger partial charge is 0.235 e. The van der Waals surface area contributed by atoms with Crippen LogP contribution in [-0.4, -0.2) is 45.1 Å². The summed E-state index contributed by atoms with van der Waals surface area (Å²) >= 11 is 0. The number of methoxy groups -OCH3 is 1. The summed E-state index contributed by atoms with van der Waals surface area (Å²) in [7, 11) is -1.93. The summed E-state index contributed by atoms with van der Waals surface area (Å²) < 4.78 is 30.5. The van der Waals surface area contributed by atoms with Gasteiger partial charge in [-0.1, -0.05) is 48.5 Å². The van der Waals surface area contributed by atoms with Gasteiger partial charge in [-0.05, 0) is 23.6 Å². The van der Waals surface area contributed by atoms with Crippen molar-refractivity contribution in [3.05, 3.63) is 65.7 Å². The van der Waals surface area contributed by atoms with Gasteiger partial charge >= 0.3 is 0 Å². The predicted octanol–water partition coefficient (Wildman–Crippen LogP) is 1.82. The quantitative estimate of drug-likeness (QED) is 0.724. The number of para-hydroxylation sites is 1. The van der Waals surface area contributed by atoms with E-state index in [1.807, 2.05) is 54.6 Å². The number of ether oxygens (including phenoxy) is 1. The van der Waals surface area contributed by atoms with Crippen molar-refractivity contribution in [2.24, 2.45) is 0 Å². The molecular formula is C19H24N2O4S. The van der Waals surface area contributed by atoms with Crippen LogP contribution < -0.4 is 10.1 Å². The molecule has 6 nitrogen and oxygen atoms in total. The zero-order chi connectivity index (χ0) is 19.0. The van der Waals surface area contributed by atoms with Crippen LogP contribution in [0.2, 0.25) is 0 Å². The normalized spacial score (nSPS) is 11.3. The largest absolute Gasteiger partial charge is 0.496 e. The van der Waals surface area contributed by atoms with Crippen molar-refractivity contribution in [3.8, 4) is 5.75 Å². The molecule has 2 rings (SSSR count). The Morgan fingerprint density at radius 1 is 1.08 bits per heavy atom. The molecule has 0 fully saturated rings. The van der Waals surface area contributed by atoms with Crippen LogP contribution in [0.1, 0.15) is 11.1 Å². The van der Waals surface area contributed by atoms with E-state index in [1.54, 1.807) is 7.11 Å². The lowest BCUT2D eigenvalue weighted by atomic mass is 10.1. The third-order valence-electron chi connectivity index (χ3n) is 3.94. The first-order chi connectivity index (χ1) is 12.4. The second-order valence-corrected chi connectivity index (χ2v) is 7.90. The second-order valence-electron chi connectivity index (χ2n) is 5.92. The lowest BCUT2D eigenvalue weighted by molar-refractivity contribution is -0.121. The van der Waals surface area contributed by atoms with Gasteiger partial charge in [-0.2, -0.15) is 4.31 Å². The maximum absolute atomic E-state index is 12.2. The van der Waals surface area contributed by atoms with Gasteiger partial charge in [0, 0.05) is 13.1 Å². The van der Waals surface area contributed by atoms with Crippen molar-refractivity contribution in [2.75, 3.05) is 26.5 Å². The highest BCUT2D eigenvalue weighted by Gasteiger charge is 2.20. The summed E-state index contributed by atoms with van der Waals surface area (Å²) in [4.78, 5) is 12.2. The molecular weight excluding hydrogens is 352 g/mol. The van der Waals surface area contributed by atoms with Crippen LogP contribution in [0.25, 0.3) is 0 Å². The summed E-state index contributed by atoms with van der Waals surface area (Å²) in [6, 6.07) is 16.9. The minimum Gasteiger partial charge on any atom is -0.496 e. The average Bonchev–Trinajstić information content (AvgIpc) is 2.63. The molecule has 0 atom stereocenters. The highest BCUT2D eigenvalue weighted by Crippen LogP contribution is 2.18. The lowest BCUT2D eigenvalue weighted by Crippen LogP contribution is -2.41. The molecule has 26 heavy (non-hydrogen) atoms. The van der Waals surface area contributed by atoms with E-state index in [9.17, 15) is 13.2 Å². The molecule has 0 heterocycles. The summed E-state index contributed by atoms with van der Waals surface area (Å²) in [5.74, 6) is 0.369. The summed E-state index contributed by atoms with van der Waals surface area (Å²) in [5.41, 5.74) is 1.86. The second kappa shape index (κ2) is 9.35. The van der Waals surface area contributed by atoms with Gasteiger partial charge in [0.25, 0.3) is 0 Å². The highest BCUT2D eigenvalue weighted by atomic mass is 32.2. The number of sulfonamides is 1. The number of carbonyl (C=O) groups excluding carboxylic acids is 1. The molecule has 0 aliphatic heterocycles. The number of carbonyl (C=O) groups is 1. The minimum atomic E-state index is -3.50. The minimum absolute atomic E-state index is 0.206. The molecule has 7 heteroatoms. The zero-order valence-corrected chi connectivity index (χ0v) is 15.8. The highest BCUT2D eigenvalue weighted by molar-refractivity contribution is 7.88. The number of rotatable bonds is 9. The topological polar surface area (TPSA) is 75.7 Å². The van der Waals surface area contributed by atoms with Crippen molar-refractivity contribution in [1.29, 1.82) is 0 Å². The first kappa shape index (κ1) is 19.9. The predicted molar refractivity (Wildman–Crippen MR) is 101 cm³/mol. The maximum Gasteiger partial charge on any atom is 0.235 e. The molecule has 0 bridgehead atoms. The van der Waals surface area contributed by atoms with Crippen LogP contribution in [-0.2, 0) is 27.8 Å². The Bertz CT molecular complexity index is 822. The van der Waals surface area contributed by atoms with Crippen molar-refractivity contribution in [2.45, 2.75) is 13.0 Å². The Morgan fingerprint density at radius 2 is 1.73 bits per heavy atom. The molecule has 140 valence electrons. The Hall–Kier alpha value is -2.38. The van der Waals surface area contributed by atoms with Gasteiger partial charge in [-0.15, -0.1) is 0 Å². The first-order valence-corrected chi connectivity index (χ1v) is 10.1. The van der Waals surface area contributed by atoms with Crippen molar-refractivity contribution in [3.63, 3.8) is 0 Å². The van der Waals surface area contributed by atoms with Crippen LogP contribution in [0.3, 0.4) is 0 Å².